The zero-order valence-corrected chi connectivity index (χ0v) is 4.59. The summed E-state index contributed by atoms with van der Waals surface area (Å²) in [6, 6.07) is 0. The zero-order chi connectivity index (χ0) is 4.12. The Balaban J connectivity index is 3.95. The van der Waals surface area contributed by atoms with E-state index in [1.54, 1.807) is 0 Å². The van der Waals surface area contributed by atoms with E-state index < -0.39 is 0 Å². The molecule has 1 nitrogen and oxygen atoms in total. The molecule has 0 N–H and O–H groups in total. The van der Waals surface area contributed by atoms with Gasteiger partial charge in [0.1, 0.15) is 0 Å². The Kier molecular flexibility index (Phi) is 4.42. The van der Waals surface area contributed by atoms with Gasteiger partial charge in [-0.15, -0.1) is 0 Å². The van der Waals surface area contributed by atoms with Gasteiger partial charge < -0.3 is 0 Å². The first-order valence-electron chi connectivity index (χ1n) is 1.20. The Morgan fingerprint density at radius 3 is 2.60 bits per heavy atom. The van der Waals surface area contributed by atoms with Gasteiger partial charge in [-0.1, -0.05) is 0 Å². The average Bonchev–Trinajstić information content (AvgIpc) is 1.41. The van der Waals surface area contributed by atoms with Crippen LogP contribution in [-0.4, -0.2) is 5.37 Å². The van der Waals surface area contributed by atoms with Crippen molar-refractivity contribution in [2.45, 2.75) is 6.92 Å². The van der Waals surface area contributed by atoms with Crippen molar-refractivity contribution in [1.82, 2.24) is 0 Å². The van der Waals surface area contributed by atoms with Gasteiger partial charge in [0.15, 0.2) is 0 Å². The quantitative estimate of drug-likeness (QED) is 0.336. The summed E-state index contributed by atoms with van der Waals surface area (Å²) in [4.78, 5) is 0. The van der Waals surface area contributed by atoms with E-state index in [1.165, 1.54) is 10.5 Å². The first-order valence-corrected chi connectivity index (χ1v) is 3.53. The maximum absolute atomic E-state index is 7.97. The van der Waals surface area contributed by atoms with Crippen molar-refractivity contribution < 1.29 is 0 Å². The fraction of sp³-hybridized carbons (Fsp3) is 0.500. The van der Waals surface area contributed by atoms with Crippen LogP contribution in [-0.2, 0) is 10.5 Å². The Hall–Kier alpha value is 0.230. The van der Waals surface area contributed by atoms with E-state index in [1.807, 2.05) is 12.3 Å². The van der Waals surface area contributed by atoms with Gasteiger partial charge >= 0.3 is 34.8 Å². The number of hydrogen-bond donors (Lipinski definition) is 0. The van der Waals surface area contributed by atoms with Gasteiger partial charge in [-0.05, 0) is 0 Å². The first-order chi connectivity index (χ1) is 2.41. The summed E-state index contributed by atoms with van der Waals surface area (Å²) in [5, 5.41) is 9.81. The van der Waals surface area contributed by atoms with Crippen molar-refractivity contribution in [2.75, 3.05) is 0 Å². The molecular formula is C2H4NPS. The number of hydrogen-bond acceptors (Lipinski definition) is 1. The predicted octanol–water partition coefficient (Wildman–Crippen LogP) is 1.23. The number of nitrogens with zero attached hydrogens (tertiary/aromatic N) is 1. The molecule has 0 atom stereocenters. The summed E-state index contributed by atoms with van der Waals surface area (Å²) in [5.74, 6) is 0. The van der Waals surface area contributed by atoms with Crippen molar-refractivity contribution in [3.8, 4) is 0 Å². The van der Waals surface area contributed by atoms with Crippen LogP contribution in [0.2, 0.25) is 0 Å². The fourth-order valence-corrected chi connectivity index (χ4v) is 0.424. The van der Waals surface area contributed by atoms with E-state index in [0.29, 0.717) is 6.99 Å². The van der Waals surface area contributed by atoms with E-state index in [0.717, 1.165) is 0 Å². The predicted molar refractivity (Wildman–Crippen MR) is 27.7 cm³/mol. The fourth-order valence-electron chi connectivity index (χ4n) is 0.0471. The van der Waals surface area contributed by atoms with Crippen LogP contribution in [0, 0.1) is 5.00 Å². The van der Waals surface area contributed by atoms with Crippen LogP contribution in [0.4, 0.5) is 0 Å². The second kappa shape index (κ2) is 4.23. The van der Waals surface area contributed by atoms with Gasteiger partial charge in [0, 0.05) is 0 Å². The summed E-state index contributed by atoms with van der Waals surface area (Å²) < 4.78 is 0. The molecule has 0 saturated carbocycles. The third kappa shape index (κ3) is 4.23. The molecule has 0 aliphatic carbocycles. The molecule has 0 fully saturated rings. The van der Waals surface area contributed by atoms with Gasteiger partial charge in [-0.25, -0.2) is 0 Å². The molecule has 0 saturated heterocycles. The second-order valence-corrected chi connectivity index (χ2v) is 2.39. The van der Waals surface area contributed by atoms with Crippen LogP contribution < -0.4 is 0 Å². The molecule has 0 unspecified atom stereocenters. The standard InChI is InChI=1S/C2H4NPS/c1-2-5-4-3/h2H,1H3. The van der Waals surface area contributed by atoms with E-state index in [9.17, 15) is 0 Å². The Labute approximate surface area is 35.6 Å². The molecule has 0 radical (unpaired) electrons. The summed E-state index contributed by atoms with van der Waals surface area (Å²) in [7, 11) is 1.37. The Morgan fingerprint density at radius 2 is 2.60 bits per heavy atom. The van der Waals surface area contributed by atoms with Crippen LogP contribution in [0.3, 0.4) is 0 Å². The van der Waals surface area contributed by atoms with Crippen molar-refractivity contribution in [3.63, 3.8) is 0 Å². The molecule has 0 aromatic carbocycles. The molecule has 0 aromatic heterocycles. The molecule has 0 bridgehead atoms. The van der Waals surface area contributed by atoms with Crippen LogP contribution in [0.5, 0.6) is 0 Å². The summed E-state index contributed by atoms with van der Waals surface area (Å²) >= 11 is 0. The van der Waals surface area contributed by atoms with Gasteiger partial charge in [-0.3, -0.25) is 0 Å². The molecular weight excluding hydrogens is 101 g/mol. The van der Waals surface area contributed by atoms with Gasteiger partial charge in [0.05, 0.1) is 0 Å². The van der Waals surface area contributed by atoms with Crippen molar-refractivity contribution in [2.24, 2.45) is 0 Å². The van der Waals surface area contributed by atoms with Gasteiger partial charge in [-0.2, -0.15) is 0 Å². The molecule has 3 heteroatoms. The molecule has 0 aliphatic heterocycles. The second-order valence-electron chi connectivity index (χ2n) is 0.423. The monoisotopic (exact) mass is 105 g/mol. The minimum absolute atomic E-state index is 0.391. The zero-order valence-electron chi connectivity index (χ0n) is 2.88. The normalized spacial score (nSPS) is 5.60. The Bertz CT molecular complexity index is 118. The van der Waals surface area contributed by atoms with E-state index in [-0.39, 0.29) is 0 Å². The molecule has 0 heterocycles. The van der Waals surface area contributed by atoms with Crippen molar-refractivity contribution >= 4 is 22.9 Å². The molecule has 0 spiro atoms. The van der Waals surface area contributed by atoms with Crippen molar-refractivity contribution in [3.05, 3.63) is 0 Å². The summed E-state index contributed by atoms with van der Waals surface area (Å²) in [6.07, 6.45) is 0. The van der Waals surface area contributed by atoms with Crippen molar-refractivity contribution in [1.29, 1.82) is 5.00 Å². The van der Waals surface area contributed by atoms with Crippen LogP contribution in [0.25, 0.3) is 0 Å². The molecule has 5 heavy (non-hydrogen) atoms. The van der Waals surface area contributed by atoms with Gasteiger partial charge in [0.2, 0.25) is 0 Å². The summed E-state index contributed by atoms with van der Waals surface area (Å²) in [5.41, 5.74) is 0. The molecule has 0 aromatic rings. The SMILES string of the molecule is CC=S=P#N. The average molecular weight is 105 g/mol. The molecule has 0 amide bonds. The number of rotatable bonds is 0. The first kappa shape index (κ1) is 5.23. The third-order valence-corrected chi connectivity index (χ3v) is 1.37. The van der Waals surface area contributed by atoms with Gasteiger partial charge in [0.25, 0.3) is 0 Å². The molecule has 28 valence electrons. The third-order valence-electron chi connectivity index (χ3n) is 0.153. The Morgan fingerprint density at radius 1 is 2.00 bits per heavy atom. The molecule has 0 aliphatic rings. The van der Waals surface area contributed by atoms with Crippen LogP contribution >= 0.6 is 6.99 Å². The van der Waals surface area contributed by atoms with Crippen LogP contribution in [0.1, 0.15) is 6.92 Å². The maximum atomic E-state index is 7.97. The van der Waals surface area contributed by atoms with Crippen LogP contribution in [0.15, 0.2) is 0 Å². The minimum atomic E-state index is 0.391. The van der Waals surface area contributed by atoms with E-state index >= 15 is 0 Å². The summed E-state index contributed by atoms with van der Waals surface area (Å²) in [6.45, 7) is 2.27. The van der Waals surface area contributed by atoms with E-state index in [4.69, 9.17) is 5.00 Å². The topological polar surface area (TPSA) is 23.8 Å². The van der Waals surface area contributed by atoms with E-state index in [2.05, 4.69) is 0 Å². The molecule has 0 rings (SSSR count).